The summed E-state index contributed by atoms with van der Waals surface area (Å²) in [5, 5.41) is 9.96. The molecule has 0 radical (unpaired) electrons. The average Bonchev–Trinajstić information content (AvgIpc) is 2.46. The van der Waals surface area contributed by atoms with Gasteiger partial charge in [-0.1, -0.05) is 17.7 Å². The van der Waals surface area contributed by atoms with E-state index in [0.717, 1.165) is 5.56 Å². The summed E-state index contributed by atoms with van der Waals surface area (Å²) in [7, 11) is -2.28. The highest BCUT2D eigenvalue weighted by Crippen LogP contribution is 2.45. The minimum absolute atomic E-state index is 0.00518. The second kappa shape index (κ2) is 7.60. The van der Waals surface area contributed by atoms with Crippen LogP contribution in [-0.4, -0.2) is 39.4 Å². The second-order valence-corrected chi connectivity index (χ2v) is 6.51. The smallest absolute Gasteiger partial charge is 0.456 e. The SMILES string of the molecule is CCO/C=C/[C@](O)(CS(=O)c1ccc(C)cc1)C(F)(F)C(F)(F)F. The maximum absolute atomic E-state index is 13.7. The van der Waals surface area contributed by atoms with Crippen LogP contribution in [0.5, 0.6) is 0 Å². The highest BCUT2D eigenvalue weighted by atomic mass is 32.2. The van der Waals surface area contributed by atoms with E-state index in [2.05, 4.69) is 4.74 Å². The Labute approximate surface area is 138 Å². The molecule has 1 aromatic rings. The molecule has 0 spiro atoms. The number of alkyl halides is 5. The zero-order valence-electron chi connectivity index (χ0n) is 12.9. The van der Waals surface area contributed by atoms with Crippen LogP contribution in [0.1, 0.15) is 12.5 Å². The van der Waals surface area contributed by atoms with Crippen LogP contribution in [0, 0.1) is 6.92 Å². The van der Waals surface area contributed by atoms with E-state index in [1.807, 2.05) is 0 Å². The average molecular weight is 372 g/mol. The minimum Gasteiger partial charge on any atom is -0.502 e. The van der Waals surface area contributed by atoms with Crippen molar-refractivity contribution in [3.05, 3.63) is 42.2 Å². The summed E-state index contributed by atoms with van der Waals surface area (Å²) in [5.74, 6) is -6.85. The molecule has 3 nitrogen and oxygen atoms in total. The van der Waals surface area contributed by atoms with Gasteiger partial charge < -0.3 is 9.84 Å². The molecule has 24 heavy (non-hydrogen) atoms. The van der Waals surface area contributed by atoms with Crippen LogP contribution in [0.2, 0.25) is 0 Å². The maximum atomic E-state index is 13.7. The first kappa shape index (κ1) is 20.6. The minimum atomic E-state index is -6.02. The van der Waals surface area contributed by atoms with Crippen molar-refractivity contribution in [2.24, 2.45) is 0 Å². The first-order valence-corrected chi connectivity index (χ1v) is 8.18. The van der Waals surface area contributed by atoms with Crippen LogP contribution in [-0.2, 0) is 15.5 Å². The summed E-state index contributed by atoms with van der Waals surface area (Å²) in [6.45, 7) is 3.21. The third-order valence-electron chi connectivity index (χ3n) is 3.14. The topological polar surface area (TPSA) is 46.5 Å². The molecule has 0 aromatic heterocycles. The van der Waals surface area contributed by atoms with Gasteiger partial charge >= 0.3 is 12.1 Å². The number of benzene rings is 1. The van der Waals surface area contributed by atoms with Gasteiger partial charge in [0, 0.05) is 4.90 Å². The second-order valence-electron chi connectivity index (χ2n) is 5.06. The number of aryl methyl sites for hydroxylation is 1. The van der Waals surface area contributed by atoms with E-state index >= 15 is 0 Å². The Bertz CT molecular complexity index is 598. The fourth-order valence-electron chi connectivity index (χ4n) is 1.72. The lowest BCUT2D eigenvalue weighted by Crippen LogP contribution is -2.58. The molecule has 0 fully saturated rings. The molecule has 0 aliphatic carbocycles. The summed E-state index contributed by atoms with van der Waals surface area (Å²) < 4.78 is 82.2. The molecule has 0 aliphatic heterocycles. The van der Waals surface area contributed by atoms with Crippen molar-refractivity contribution in [1.29, 1.82) is 0 Å². The van der Waals surface area contributed by atoms with E-state index in [0.29, 0.717) is 6.26 Å². The van der Waals surface area contributed by atoms with Gasteiger partial charge in [0.25, 0.3) is 0 Å². The lowest BCUT2D eigenvalue weighted by atomic mass is 9.97. The van der Waals surface area contributed by atoms with E-state index in [-0.39, 0.29) is 17.6 Å². The molecule has 0 aliphatic rings. The van der Waals surface area contributed by atoms with E-state index in [4.69, 9.17) is 0 Å². The van der Waals surface area contributed by atoms with Gasteiger partial charge in [0.15, 0.2) is 5.60 Å². The van der Waals surface area contributed by atoms with E-state index in [1.165, 1.54) is 31.2 Å². The zero-order chi connectivity index (χ0) is 18.6. The molecule has 2 atom stereocenters. The fourth-order valence-corrected chi connectivity index (χ4v) is 3.00. The van der Waals surface area contributed by atoms with Gasteiger partial charge in [0.05, 0.1) is 29.4 Å². The predicted octanol–water partition coefficient (Wildman–Crippen LogP) is 3.58. The third-order valence-corrected chi connectivity index (χ3v) is 4.64. The van der Waals surface area contributed by atoms with Crippen LogP contribution in [0.25, 0.3) is 0 Å². The predicted molar refractivity (Wildman–Crippen MR) is 79.2 cm³/mol. The van der Waals surface area contributed by atoms with Crippen LogP contribution in [0.15, 0.2) is 41.5 Å². The number of ether oxygens (including phenoxy) is 1. The van der Waals surface area contributed by atoms with Crippen molar-refractivity contribution >= 4 is 10.8 Å². The van der Waals surface area contributed by atoms with Gasteiger partial charge in [0.2, 0.25) is 0 Å². The molecular weight excluding hydrogens is 355 g/mol. The number of halogens is 5. The van der Waals surface area contributed by atoms with E-state index < -0.39 is 34.3 Å². The van der Waals surface area contributed by atoms with Crippen molar-refractivity contribution in [2.45, 2.75) is 36.4 Å². The number of rotatable bonds is 7. The Kier molecular flexibility index (Phi) is 6.52. The molecule has 1 aromatic carbocycles. The molecule has 0 amide bonds. The molecule has 1 N–H and O–H groups in total. The largest absolute Gasteiger partial charge is 0.502 e. The van der Waals surface area contributed by atoms with Crippen molar-refractivity contribution in [2.75, 3.05) is 12.4 Å². The van der Waals surface area contributed by atoms with Gasteiger partial charge in [-0.3, -0.25) is 4.21 Å². The number of aliphatic hydroxyl groups is 1. The Hall–Kier alpha value is -1.48. The van der Waals surface area contributed by atoms with E-state index in [1.54, 1.807) is 6.92 Å². The number of hydrogen-bond acceptors (Lipinski definition) is 3. The molecule has 1 unspecified atom stereocenters. The summed E-state index contributed by atoms with van der Waals surface area (Å²) in [5.41, 5.74) is -2.92. The Morgan fingerprint density at radius 3 is 2.17 bits per heavy atom. The fraction of sp³-hybridized carbons (Fsp3) is 0.467. The number of hydrogen-bond donors (Lipinski definition) is 1. The maximum Gasteiger partial charge on any atom is 0.456 e. The standard InChI is InChI=1S/C15H17F5O3S/c1-3-23-9-8-13(21,14(16,17)15(18,19)20)10-24(22)12-6-4-11(2)5-7-12/h4-9,21H,3,10H2,1-2H3/b9-8+/t13-,24?/m0/s1. The van der Waals surface area contributed by atoms with Crippen LogP contribution in [0.4, 0.5) is 22.0 Å². The van der Waals surface area contributed by atoms with E-state index in [9.17, 15) is 31.3 Å². The highest BCUT2D eigenvalue weighted by Gasteiger charge is 2.69. The summed E-state index contributed by atoms with van der Waals surface area (Å²) in [6.07, 6.45) is -5.28. The Balaban J connectivity index is 3.18. The zero-order valence-corrected chi connectivity index (χ0v) is 13.8. The van der Waals surface area contributed by atoms with Gasteiger partial charge in [-0.2, -0.15) is 22.0 Å². The van der Waals surface area contributed by atoms with Crippen LogP contribution >= 0.6 is 0 Å². The van der Waals surface area contributed by atoms with Crippen molar-refractivity contribution < 1.29 is 36.0 Å². The quantitative estimate of drug-likeness (QED) is 0.588. The molecule has 136 valence electrons. The summed E-state index contributed by atoms with van der Waals surface area (Å²) in [4.78, 5) is 0.0295. The molecule has 1 rings (SSSR count). The molecule has 0 saturated heterocycles. The summed E-state index contributed by atoms with van der Waals surface area (Å²) in [6, 6.07) is 5.74. The first-order chi connectivity index (χ1) is 10.9. The van der Waals surface area contributed by atoms with Gasteiger partial charge in [0.1, 0.15) is 0 Å². The van der Waals surface area contributed by atoms with Gasteiger partial charge in [-0.25, -0.2) is 0 Å². The normalized spacial score (nSPS) is 16.8. The lowest BCUT2D eigenvalue weighted by Gasteiger charge is -2.34. The molecule has 9 heteroatoms. The molecule has 0 heterocycles. The van der Waals surface area contributed by atoms with Crippen molar-refractivity contribution in [1.82, 2.24) is 0 Å². The highest BCUT2D eigenvalue weighted by molar-refractivity contribution is 7.85. The summed E-state index contributed by atoms with van der Waals surface area (Å²) >= 11 is 0. The first-order valence-electron chi connectivity index (χ1n) is 6.86. The van der Waals surface area contributed by atoms with Crippen molar-refractivity contribution in [3.8, 4) is 0 Å². The Morgan fingerprint density at radius 2 is 1.71 bits per heavy atom. The third kappa shape index (κ3) is 4.54. The van der Waals surface area contributed by atoms with Gasteiger partial charge in [-0.15, -0.1) is 0 Å². The monoisotopic (exact) mass is 372 g/mol. The molecule has 0 bridgehead atoms. The molecule has 0 saturated carbocycles. The molecular formula is C15H17F5O3S. The van der Waals surface area contributed by atoms with Gasteiger partial charge in [-0.05, 0) is 32.1 Å². The van der Waals surface area contributed by atoms with Crippen LogP contribution < -0.4 is 0 Å². The Morgan fingerprint density at radius 1 is 1.17 bits per heavy atom. The van der Waals surface area contributed by atoms with Crippen LogP contribution in [0.3, 0.4) is 0 Å². The van der Waals surface area contributed by atoms with Crippen molar-refractivity contribution in [3.63, 3.8) is 0 Å². The lowest BCUT2D eigenvalue weighted by molar-refractivity contribution is -0.326.